The molecule has 7 heteroatoms. The minimum absolute atomic E-state index is 0.387. The van der Waals surface area contributed by atoms with Gasteiger partial charge in [0.25, 0.3) is 0 Å². The lowest BCUT2D eigenvalue weighted by Crippen LogP contribution is -2.03. The van der Waals surface area contributed by atoms with Crippen molar-refractivity contribution in [1.82, 2.24) is 4.98 Å². The van der Waals surface area contributed by atoms with Crippen molar-refractivity contribution in [2.24, 2.45) is 5.10 Å². The number of aryl methyl sites for hydroxylation is 1. The molecular weight excluding hydrogens is 394 g/mol. The summed E-state index contributed by atoms with van der Waals surface area (Å²) in [6.45, 7) is 3.97. The van der Waals surface area contributed by atoms with Gasteiger partial charge in [0.2, 0.25) is 5.13 Å². The largest absolute Gasteiger partial charge is 0.422 e. The van der Waals surface area contributed by atoms with Gasteiger partial charge in [-0.15, -0.1) is 11.3 Å². The van der Waals surface area contributed by atoms with Crippen molar-refractivity contribution in [3.8, 4) is 11.3 Å². The number of nitrogens with one attached hydrogen (secondary N) is 1. The van der Waals surface area contributed by atoms with Crippen molar-refractivity contribution < 1.29 is 4.42 Å². The number of benzene rings is 2. The molecule has 0 unspecified atom stereocenters. The summed E-state index contributed by atoms with van der Waals surface area (Å²) in [5, 5.41) is 8.09. The van der Waals surface area contributed by atoms with E-state index in [2.05, 4.69) is 15.5 Å². The van der Waals surface area contributed by atoms with Gasteiger partial charge in [-0.3, -0.25) is 5.43 Å². The summed E-state index contributed by atoms with van der Waals surface area (Å²) >= 11 is 7.40. The van der Waals surface area contributed by atoms with Gasteiger partial charge >= 0.3 is 5.63 Å². The van der Waals surface area contributed by atoms with E-state index in [-0.39, 0.29) is 0 Å². The standard InChI is InChI=1S/C21H16ClN3O2S/c1-12-3-5-14(6-4-12)13(2)24-25-21-23-18(11-28-21)17-10-15-9-16(22)7-8-19(15)27-20(17)26/h3-11H,1-2H3,(H,23,25)/b24-13+. The SMILES string of the molecule is C/C(=N\Nc1nc(-c2cc3cc(Cl)ccc3oc2=O)cs1)c1ccc(C)cc1. The Balaban J connectivity index is 1.60. The lowest BCUT2D eigenvalue weighted by atomic mass is 10.1. The van der Waals surface area contributed by atoms with E-state index in [1.165, 1.54) is 16.9 Å². The highest BCUT2D eigenvalue weighted by Gasteiger charge is 2.12. The van der Waals surface area contributed by atoms with Crippen LogP contribution in [-0.4, -0.2) is 10.7 Å². The average molecular weight is 410 g/mol. The molecule has 4 aromatic rings. The molecule has 0 spiro atoms. The van der Waals surface area contributed by atoms with Crippen molar-refractivity contribution in [3.63, 3.8) is 0 Å². The zero-order valence-corrected chi connectivity index (χ0v) is 16.8. The topological polar surface area (TPSA) is 67.5 Å². The summed E-state index contributed by atoms with van der Waals surface area (Å²) in [6, 6.07) is 15.0. The quantitative estimate of drug-likeness (QED) is 0.266. The van der Waals surface area contributed by atoms with Gasteiger partial charge in [0.1, 0.15) is 5.58 Å². The summed E-state index contributed by atoms with van der Waals surface area (Å²) in [7, 11) is 0. The van der Waals surface area contributed by atoms with Crippen LogP contribution in [0.4, 0.5) is 5.13 Å². The minimum Gasteiger partial charge on any atom is -0.422 e. The maximum atomic E-state index is 12.3. The number of thiazole rings is 1. The fourth-order valence-corrected chi connectivity index (χ4v) is 3.55. The molecule has 28 heavy (non-hydrogen) atoms. The molecule has 2 aromatic heterocycles. The summed E-state index contributed by atoms with van der Waals surface area (Å²) < 4.78 is 5.38. The number of hydrazone groups is 1. The fourth-order valence-electron chi connectivity index (χ4n) is 2.71. The Morgan fingerprint density at radius 3 is 2.75 bits per heavy atom. The first-order chi connectivity index (χ1) is 13.5. The lowest BCUT2D eigenvalue weighted by molar-refractivity contribution is 0.563. The Morgan fingerprint density at radius 2 is 1.96 bits per heavy atom. The third kappa shape index (κ3) is 3.83. The summed E-state index contributed by atoms with van der Waals surface area (Å²) in [5.41, 5.74) is 7.00. The van der Waals surface area contributed by atoms with Gasteiger partial charge in [0.05, 0.1) is 17.0 Å². The number of hydrogen-bond donors (Lipinski definition) is 1. The molecule has 140 valence electrons. The maximum Gasteiger partial charge on any atom is 0.345 e. The van der Waals surface area contributed by atoms with E-state index in [1.54, 1.807) is 29.6 Å². The minimum atomic E-state index is -0.439. The zero-order valence-electron chi connectivity index (χ0n) is 15.2. The highest BCUT2D eigenvalue weighted by atomic mass is 35.5. The van der Waals surface area contributed by atoms with E-state index >= 15 is 0 Å². The van der Waals surface area contributed by atoms with Crippen LogP contribution >= 0.6 is 22.9 Å². The van der Waals surface area contributed by atoms with E-state index in [9.17, 15) is 4.79 Å². The molecule has 0 atom stereocenters. The molecule has 0 saturated carbocycles. The van der Waals surface area contributed by atoms with Crippen LogP contribution in [0.3, 0.4) is 0 Å². The Labute approximate surface area is 170 Å². The Kier molecular flexibility index (Phi) is 4.98. The number of anilines is 1. The number of hydrogen-bond acceptors (Lipinski definition) is 6. The molecule has 0 radical (unpaired) electrons. The number of nitrogens with zero attached hydrogens (tertiary/aromatic N) is 2. The van der Waals surface area contributed by atoms with Crippen LogP contribution in [0.2, 0.25) is 5.02 Å². The van der Waals surface area contributed by atoms with E-state index in [1.807, 2.05) is 38.1 Å². The van der Waals surface area contributed by atoms with Gasteiger partial charge in [-0.25, -0.2) is 9.78 Å². The molecule has 4 rings (SSSR count). The first-order valence-corrected chi connectivity index (χ1v) is 9.82. The summed E-state index contributed by atoms with van der Waals surface area (Å²) in [4.78, 5) is 16.8. The van der Waals surface area contributed by atoms with Crippen LogP contribution in [0.15, 0.2) is 68.2 Å². The van der Waals surface area contributed by atoms with Crippen molar-refractivity contribution in [3.05, 3.63) is 80.5 Å². The molecule has 1 N–H and O–H groups in total. The monoisotopic (exact) mass is 409 g/mol. The van der Waals surface area contributed by atoms with E-state index in [0.717, 1.165) is 16.7 Å². The van der Waals surface area contributed by atoms with E-state index < -0.39 is 5.63 Å². The van der Waals surface area contributed by atoms with Crippen LogP contribution < -0.4 is 11.1 Å². The molecule has 0 fully saturated rings. The highest BCUT2D eigenvalue weighted by Crippen LogP contribution is 2.26. The molecular formula is C21H16ClN3O2S. The second kappa shape index (κ2) is 7.58. The average Bonchev–Trinajstić information content (AvgIpc) is 3.15. The second-order valence-corrected chi connectivity index (χ2v) is 7.64. The molecule has 0 aliphatic rings. The van der Waals surface area contributed by atoms with Gasteiger partial charge in [-0.05, 0) is 43.7 Å². The van der Waals surface area contributed by atoms with E-state index in [4.69, 9.17) is 16.0 Å². The van der Waals surface area contributed by atoms with Gasteiger partial charge in [-0.2, -0.15) is 5.10 Å². The Bertz CT molecular complexity index is 1240. The molecule has 0 aliphatic heterocycles. The molecule has 0 amide bonds. The van der Waals surface area contributed by atoms with Crippen LogP contribution in [0.5, 0.6) is 0 Å². The van der Waals surface area contributed by atoms with Crippen LogP contribution in [0.1, 0.15) is 18.1 Å². The molecule has 0 aliphatic carbocycles. The molecule has 2 aromatic carbocycles. The number of fused-ring (bicyclic) bond motifs is 1. The van der Waals surface area contributed by atoms with E-state index in [0.29, 0.717) is 27.0 Å². The van der Waals surface area contributed by atoms with Crippen molar-refractivity contribution in [2.75, 3.05) is 5.43 Å². The first kappa shape index (κ1) is 18.4. The van der Waals surface area contributed by atoms with Crippen LogP contribution in [0, 0.1) is 6.92 Å². The smallest absolute Gasteiger partial charge is 0.345 e. The van der Waals surface area contributed by atoms with Gasteiger partial charge in [0.15, 0.2) is 0 Å². The van der Waals surface area contributed by atoms with Gasteiger partial charge in [-0.1, -0.05) is 41.4 Å². The predicted octanol–water partition coefficient (Wildman–Crippen LogP) is 5.71. The van der Waals surface area contributed by atoms with Gasteiger partial charge < -0.3 is 4.42 Å². The number of rotatable bonds is 4. The number of aromatic nitrogens is 1. The zero-order chi connectivity index (χ0) is 19.7. The molecule has 0 saturated heterocycles. The second-order valence-electron chi connectivity index (χ2n) is 6.34. The van der Waals surface area contributed by atoms with Gasteiger partial charge in [0, 0.05) is 15.8 Å². The molecule has 5 nitrogen and oxygen atoms in total. The first-order valence-electron chi connectivity index (χ1n) is 8.56. The van der Waals surface area contributed by atoms with Crippen LogP contribution in [0.25, 0.3) is 22.2 Å². The maximum absolute atomic E-state index is 12.3. The van der Waals surface area contributed by atoms with Crippen molar-refractivity contribution in [2.45, 2.75) is 13.8 Å². The predicted molar refractivity (Wildman–Crippen MR) is 116 cm³/mol. The highest BCUT2D eigenvalue weighted by molar-refractivity contribution is 7.14. The lowest BCUT2D eigenvalue weighted by Gasteiger charge is -2.02. The van der Waals surface area contributed by atoms with Crippen molar-refractivity contribution in [1.29, 1.82) is 0 Å². The molecule has 0 bridgehead atoms. The Hall–Kier alpha value is -2.96. The third-order valence-electron chi connectivity index (χ3n) is 4.26. The van der Waals surface area contributed by atoms with Crippen molar-refractivity contribution >= 4 is 44.8 Å². The molecule has 2 heterocycles. The van der Waals surface area contributed by atoms with Crippen LogP contribution in [-0.2, 0) is 0 Å². The third-order valence-corrected chi connectivity index (χ3v) is 5.25. The fraction of sp³-hybridized carbons (Fsp3) is 0.0952. The Morgan fingerprint density at radius 1 is 1.18 bits per heavy atom. The summed E-state index contributed by atoms with van der Waals surface area (Å²) in [5.74, 6) is 0. The summed E-state index contributed by atoms with van der Waals surface area (Å²) in [6.07, 6.45) is 0. The normalized spacial score (nSPS) is 11.8. The number of halogens is 1.